The van der Waals surface area contributed by atoms with Gasteiger partial charge in [0.15, 0.2) is 0 Å². The van der Waals surface area contributed by atoms with Crippen LogP contribution in [0.15, 0.2) is 76.6 Å². The summed E-state index contributed by atoms with van der Waals surface area (Å²) in [4.78, 5) is 37.4. The van der Waals surface area contributed by atoms with Crippen molar-refractivity contribution in [1.29, 1.82) is 0 Å². The second kappa shape index (κ2) is 9.73. The van der Waals surface area contributed by atoms with E-state index >= 15 is 0 Å². The van der Waals surface area contributed by atoms with Gasteiger partial charge in [-0.25, -0.2) is 0 Å². The maximum Gasteiger partial charge on any atom is 0.321 e. The molecule has 0 fully saturated rings. The number of aryl methyl sites for hydroxylation is 1. The number of amides is 1. The Morgan fingerprint density at radius 3 is 2.43 bits per heavy atom. The molecule has 0 radical (unpaired) electrons. The molecule has 0 spiro atoms. The number of rotatable bonds is 8. The van der Waals surface area contributed by atoms with Crippen molar-refractivity contribution in [3.8, 4) is 11.4 Å². The van der Waals surface area contributed by atoms with Gasteiger partial charge in [0.05, 0.1) is 12.8 Å². The molecule has 1 aromatic heterocycles. The van der Waals surface area contributed by atoms with Crippen molar-refractivity contribution in [3.05, 3.63) is 93.3 Å². The number of ether oxygens (including phenoxy) is 1. The number of hydrogen-bond acceptors (Lipinski definition) is 4. The molecule has 0 saturated heterocycles. The van der Waals surface area contributed by atoms with Crippen LogP contribution in [0.1, 0.15) is 18.9 Å². The van der Waals surface area contributed by atoms with E-state index in [1.54, 1.807) is 24.3 Å². The number of carbonyl (C=O) groups excluding carboxylic acids is 1. The van der Waals surface area contributed by atoms with Crippen LogP contribution in [0.3, 0.4) is 0 Å². The van der Waals surface area contributed by atoms with Gasteiger partial charge in [-0.3, -0.25) is 23.5 Å². The van der Waals surface area contributed by atoms with Gasteiger partial charge in [-0.1, -0.05) is 42.5 Å². The summed E-state index contributed by atoms with van der Waals surface area (Å²) in [5, 5.41) is 2.88. The Balaban J connectivity index is 1.66. The van der Waals surface area contributed by atoms with E-state index in [1.807, 2.05) is 37.3 Å². The van der Waals surface area contributed by atoms with E-state index < -0.39 is 11.1 Å². The molecule has 156 valence electrons. The Kier molecular flexibility index (Phi) is 6.85. The molecular weight excluding hydrogens is 382 g/mol. The van der Waals surface area contributed by atoms with E-state index in [9.17, 15) is 14.4 Å². The number of carbonyl (C=O) groups is 1. The number of benzene rings is 2. The summed E-state index contributed by atoms with van der Waals surface area (Å²) in [5.41, 5.74) is 0.158. The lowest BCUT2D eigenvalue weighted by atomic mass is 10.1. The van der Waals surface area contributed by atoms with Crippen LogP contribution in [0.2, 0.25) is 0 Å². The topological polar surface area (TPSA) is 82.3 Å². The molecule has 1 N–H and O–H groups in total. The molecule has 2 aromatic carbocycles. The van der Waals surface area contributed by atoms with Crippen molar-refractivity contribution in [2.75, 3.05) is 7.11 Å². The minimum Gasteiger partial charge on any atom is -0.495 e. The molecule has 30 heavy (non-hydrogen) atoms. The normalized spacial score (nSPS) is 11.7. The van der Waals surface area contributed by atoms with Gasteiger partial charge in [-0.05, 0) is 37.5 Å². The third-order valence-corrected chi connectivity index (χ3v) is 4.83. The van der Waals surface area contributed by atoms with Gasteiger partial charge in [0.1, 0.15) is 12.3 Å². The van der Waals surface area contributed by atoms with Gasteiger partial charge in [0, 0.05) is 18.4 Å². The van der Waals surface area contributed by atoms with Crippen molar-refractivity contribution >= 4 is 5.91 Å². The summed E-state index contributed by atoms with van der Waals surface area (Å²) >= 11 is 0. The van der Waals surface area contributed by atoms with Crippen LogP contribution in [-0.2, 0) is 17.8 Å². The van der Waals surface area contributed by atoms with Crippen molar-refractivity contribution in [3.63, 3.8) is 0 Å². The zero-order chi connectivity index (χ0) is 21.5. The summed E-state index contributed by atoms with van der Waals surface area (Å²) in [6.07, 6.45) is 4.52. The van der Waals surface area contributed by atoms with Crippen LogP contribution >= 0.6 is 0 Å². The van der Waals surface area contributed by atoms with E-state index in [2.05, 4.69) is 5.32 Å². The van der Waals surface area contributed by atoms with Gasteiger partial charge in [0.25, 0.3) is 0 Å². The first kappa shape index (κ1) is 21.1. The average molecular weight is 407 g/mol. The molecule has 1 amide bonds. The highest BCUT2D eigenvalue weighted by atomic mass is 16.5. The Morgan fingerprint density at radius 2 is 1.70 bits per heavy atom. The molecule has 0 aliphatic rings. The van der Waals surface area contributed by atoms with Crippen LogP contribution in [0.5, 0.6) is 5.75 Å². The second-order valence-corrected chi connectivity index (χ2v) is 7.07. The van der Waals surface area contributed by atoms with E-state index in [0.29, 0.717) is 11.4 Å². The van der Waals surface area contributed by atoms with E-state index in [0.717, 1.165) is 17.4 Å². The largest absolute Gasteiger partial charge is 0.495 e. The van der Waals surface area contributed by atoms with Crippen LogP contribution in [0, 0.1) is 0 Å². The van der Waals surface area contributed by atoms with Gasteiger partial charge in [-0.2, -0.15) is 0 Å². The van der Waals surface area contributed by atoms with Gasteiger partial charge in [-0.15, -0.1) is 0 Å². The molecule has 1 heterocycles. The van der Waals surface area contributed by atoms with Crippen molar-refractivity contribution in [2.24, 2.45) is 0 Å². The van der Waals surface area contributed by atoms with Crippen molar-refractivity contribution in [2.45, 2.75) is 32.4 Å². The minimum absolute atomic E-state index is 0.0534. The summed E-state index contributed by atoms with van der Waals surface area (Å²) in [6.45, 7) is 1.71. The molecule has 3 aromatic rings. The zero-order valence-electron chi connectivity index (χ0n) is 17.1. The highest BCUT2D eigenvalue weighted by Crippen LogP contribution is 2.19. The Bertz CT molecular complexity index is 1120. The average Bonchev–Trinajstić information content (AvgIpc) is 2.76. The highest BCUT2D eigenvalue weighted by molar-refractivity contribution is 5.76. The molecule has 0 aliphatic heterocycles. The maximum atomic E-state index is 12.6. The van der Waals surface area contributed by atoms with Crippen LogP contribution in [-0.4, -0.2) is 28.2 Å². The van der Waals surface area contributed by atoms with Crippen molar-refractivity contribution in [1.82, 2.24) is 14.5 Å². The van der Waals surface area contributed by atoms with Gasteiger partial charge in [0.2, 0.25) is 5.91 Å². The zero-order valence-corrected chi connectivity index (χ0v) is 17.1. The highest BCUT2D eigenvalue weighted by Gasteiger charge is 2.13. The lowest BCUT2D eigenvalue weighted by Gasteiger charge is -2.15. The van der Waals surface area contributed by atoms with Crippen molar-refractivity contribution < 1.29 is 9.53 Å². The van der Waals surface area contributed by atoms with E-state index in [4.69, 9.17) is 4.74 Å². The Morgan fingerprint density at radius 1 is 1.00 bits per heavy atom. The van der Waals surface area contributed by atoms with E-state index in [-0.39, 0.29) is 18.5 Å². The first-order chi connectivity index (χ1) is 14.5. The molecule has 3 rings (SSSR count). The Labute approximate surface area is 174 Å². The molecule has 0 unspecified atom stereocenters. The smallest absolute Gasteiger partial charge is 0.321 e. The Hall–Kier alpha value is -3.61. The summed E-state index contributed by atoms with van der Waals surface area (Å²) < 4.78 is 7.59. The van der Waals surface area contributed by atoms with Crippen LogP contribution in [0.4, 0.5) is 0 Å². The third-order valence-electron chi connectivity index (χ3n) is 4.83. The fourth-order valence-corrected chi connectivity index (χ4v) is 3.23. The van der Waals surface area contributed by atoms with Crippen LogP contribution < -0.4 is 21.2 Å². The first-order valence-corrected chi connectivity index (χ1v) is 9.78. The molecule has 0 aliphatic carbocycles. The summed E-state index contributed by atoms with van der Waals surface area (Å²) in [7, 11) is 1.49. The number of nitrogens with one attached hydrogen (secondary N) is 1. The maximum absolute atomic E-state index is 12.6. The fourth-order valence-electron chi connectivity index (χ4n) is 3.23. The molecule has 0 saturated carbocycles. The summed E-state index contributed by atoms with van der Waals surface area (Å²) in [5.74, 6) is 0.161. The SMILES string of the molecule is COc1ccccc1-n1ccn(CC(=O)N[C@H](C)CCc2ccccc2)c(=O)c1=O. The molecule has 7 nitrogen and oxygen atoms in total. The standard InChI is InChI=1S/C23H25N3O4/c1-17(12-13-18-8-4-3-5-9-18)24-21(27)16-25-14-15-26(23(29)22(25)28)19-10-6-7-11-20(19)30-2/h3-11,14-15,17H,12-13,16H2,1-2H3,(H,24,27)/t17-/m1/s1. The molecular formula is C23H25N3O4. The molecule has 0 bridgehead atoms. The van der Waals surface area contributed by atoms with Gasteiger partial charge >= 0.3 is 11.1 Å². The number of hydrogen-bond donors (Lipinski definition) is 1. The predicted molar refractivity (Wildman–Crippen MR) is 115 cm³/mol. The number of nitrogens with zero attached hydrogens (tertiary/aromatic N) is 2. The second-order valence-electron chi connectivity index (χ2n) is 7.07. The lowest BCUT2D eigenvalue weighted by Crippen LogP contribution is -2.43. The lowest BCUT2D eigenvalue weighted by molar-refractivity contribution is -0.122. The number of methoxy groups -OCH3 is 1. The van der Waals surface area contributed by atoms with Crippen LogP contribution in [0.25, 0.3) is 5.69 Å². The number of aromatic nitrogens is 2. The number of para-hydroxylation sites is 2. The van der Waals surface area contributed by atoms with Gasteiger partial charge < -0.3 is 10.1 Å². The summed E-state index contributed by atoms with van der Waals surface area (Å²) in [6, 6.07) is 16.9. The minimum atomic E-state index is -0.768. The monoisotopic (exact) mass is 407 g/mol. The first-order valence-electron chi connectivity index (χ1n) is 9.78. The molecule has 7 heteroatoms. The third kappa shape index (κ3) is 5.05. The van der Waals surface area contributed by atoms with E-state index in [1.165, 1.54) is 29.6 Å². The quantitative estimate of drug-likeness (QED) is 0.580. The predicted octanol–water partition coefficient (Wildman–Crippen LogP) is 2.15. The fraction of sp³-hybridized carbons (Fsp3) is 0.261. The molecule has 1 atom stereocenters.